The Labute approximate surface area is 289 Å². The summed E-state index contributed by atoms with van der Waals surface area (Å²) in [6.07, 6.45) is 11.0. The molecule has 0 unspecified atom stereocenters. The number of carbonyl (C=O) groups excluding carboxylic acids is 1. The molecule has 9 rings (SSSR count). The molecule has 50 heavy (non-hydrogen) atoms. The number of aliphatic hydroxyl groups is 1. The first-order chi connectivity index (χ1) is 24.2. The first-order valence-electron chi connectivity index (χ1n) is 17.8. The van der Waals surface area contributed by atoms with Crippen LogP contribution < -0.4 is 10.1 Å². The molecule has 3 aromatic rings. The largest absolute Gasteiger partial charge is 0.422 e. The quantitative estimate of drug-likeness (QED) is 0.175. The molecule has 2 aromatic carbocycles. The van der Waals surface area contributed by atoms with Crippen molar-refractivity contribution in [3.8, 4) is 5.69 Å². The van der Waals surface area contributed by atoms with Crippen LogP contribution in [-0.4, -0.2) is 77.2 Å². The van der Waals surface area contributed by atoms with E-state index in [9.17, 15) is 9.90 Å². The molecule has 6 aliphatic rings. The zero-order valence-electron chi connectivity index (χ0n) is 28.2. The molecular weight excluding hydrogens is 660 g/mol. The number of carbonyl (C=O) groups is 1. The number of esters is 1. The van der Waals surface area contributed by atoms with Crippen LogP contribution in [0, 0.1) is 35.2 Å². The second-order valence-electron chi connectivity index (χ2n) is 15.0. The number of ether oxygens (including phenoxy) is 1. The van der Waals surface area contributed by atoms with E-state index in [0.29, 0.717) is 48.6 Å². The van der Waals surface area contributed by atoms with E-state index in [1.165, 1.54) is 0 Å². The Hall–Kier alpha value is -4.29. The van der Waals surface area contributed by atoms with Crippen LogP contribution in [0.15, 0.2) is 53.3 Å². The Bertz CT molecular complexity index is 2110. The van der Waals surface area contributed by atoms with Gasteiger partial charge in [0.1, 0.15) is 38.2 Å². The lowest BCUT2D eigenvalue weighted by Gasteiger charge is -2.39. The van der Waals surface area contributed by atoms with Crippen molar-refractivity contribution in [2.45, 2.75) is 51.6 Å². The third kappa shape index (κ3) is 4.81. The number of fused-ring (bicyclic) bond motifs is 4. The van der Waals surface area contributed by atoms with E-state index in [4.69, 9.17) is 4.74 Å². The first-order valence-corrected chi connectivity index (χ1v) is 20.8. The van der Waals surface area contributed by atoms with Crippen molar-refractivity contribution < 1.29 is 32.4 Å². The Morgan fingerprint density at radius 1 is 1.04 bits per heavy atom. The third-order valence-corrected chi connectivity index (χ3v) is 15.6. The molecule has 3 atom stereocenters. The van der Waals surface area contributed by atoms with Crippen molar-refractivity contribution in [1.82, 2.24) is 15.0 Å². The van der Waals surface area contributed by atoms with Crippen LogP contribution in [0.3, 0.4) is 0 Å². The van der Waals surface area contributed by atoms with Crippen LogP contribution in [-0.2, 0) is 17.6 Å². The number of hydrogen-bond donors (Lipinski definition) is 1. The van der Waals surface area contributed by atoms with E-state index in [1.54, 1.807) is 0 Å². The molecule has 8 nitrogen and oxygen atoms in total. The molecule has 1 N–H and O–H groups in total. The molecule has 0 radical (unpaired) electrons. The number of rotatable bonds is 5. The average molecular weight is 699 g/mol. The topological polar surface area (TPSA) is 83.5 Å². The molecular formula is C38H39F3N5O3Si+. The van der Waals surface area contributed by atoms with Gasteiger partial charge in [-0.3, -0.25) is 0 Å². The van der Waals surface area contributed by atoms with Crippen molar-refractivity contribution in [3.63, 3.8) is 0 Å². The number of aromatic nitrogens is 3. The van der Waals surface area contributed by atoms with Gasteiger partial charge in [0.25, 0.3) is 0 Å². The summed E-state index contributed by atoms with van der Waals surface area (Å²) in [5, 5.41) is 20.1. The van der Waals surface area contributed by atoms with Gasteiger partial charge in [0.2, 0.25) is 0 Å². The lowest BCUT2D eigenvalue weighted by Crippen LogP contribution is -2.50. The molecule has 4 heterocycles. The molecule has 2 saturated heterocycles. The molecule has 3 fully saturated rings. The number of hydrogen-bond acceptors (Lipinski definition) is 6. The van der Waals surface area contributed by atoms with Gasteiger partial charge in [-0.1, -0.05) is 18.3 Å². The summed E-state index contributed by atoms with van der Waals surface area (Å²) in [7, 11) is -2.32. The van der Waals surface area contributed by atoms with Crippen molar-refractivity contribution >= 4 is 36.4 Å². The van der Waals surface area contributed by atoms with E-state index in [-0.39, 0.29) is 18.3 Å². The highest BCUT2D eigenvalue weighted by Gasteiger charge is 2.49. The zero-order valence-corrected chi connectivity index (χ0v) is 29.2. The van der Waals surface area contributed by atoms with E-state index in [0.717, 1.165) is 83.0 Å². The van der Waals surface area contributed by atoms with Gasteiger partial charge in [0, 0.05) is 48.7 Å². The highest BCUT2D eigenvalue weighted by atomic mass is 28.3. The van der Waals surface area contributed by atoms with E-state index < -0.39 is 42.7 Å². The van der Waals surface area contributed by atoms with Crippen molar-refractivity contribution in [2.24, 2.45) is 17.8 Å². The fourth-order valence-electron chi connectivity index (χ4n) is 8.73. The summed E-state index contributed by atoms with van der Waals surface area (Å²) in [5.41, 5.74) is 3.31. The Balaban J connectivity index is 1.08. The number of halogens is 3. The zero-order chi connectivity index (χ0) is 34.5. The van der Waals surface area contributed by atoms with Gasteiger partial charge in [0.15, 0.2) is 23.2 Å². The summed E-state index contributed by atoms with van der Waals surface area (Å²) in [4.78, 5) is 16.1. The molecule has 0 spiro atoms. The van der Waals surface area contributed by atoms with Gasteiger partial charge in [-0.05, 0) is 90.6 Å². The van der Waals surface area contributed by atoms with Crippen LogP contribution in [0.2, 0.25) is 13.1 Å². The van der Waals surface area contributed by atoms with Crippen LogP contribution in [0.4, 0.5) is 18.9 Å². The average Bonchev–Trinajstić information content (AvgIpc) is 3.57. The Kier molecular flexibility index (Phi) is 7.36. The van der Waals surface area contributed by atoms with Crippen LogP contribution >= 0.6 is 0 Å². The standard InChI is InChI=1S/C38H39F3N5O3Si/c1-50(2)32-17-21(44-13-3-14-44)5-7-25(32)37(26-8-6-22(18-33(26)50)45-15-4-16-45)49-38(48)27-19-29(39)36(35(41)34(27)40)46-31-12-10-24-23(28(24)20-47)9-11-30(31)42-43-46/h5-8,17-19,23-24,28,47H,3-4,9-16,20H2,1-2H3/q+1/t23-,24+,28-/m0/s1. The fraction of sp³-hybridized carbons (Fsp3) is 0.421. The van der Waals surface area contributed by atoms with E-state index in [1.807, 2.05) is 24.3 Å². The van der Waals surface area contributed by atoms with Gasteiger partial charge < -0.3 is 14.7 Å². The number of nitrogens with zero attached hydrogens (tertiary/aromatic N) is 5. The van der Waals surface area contributed by atoms with E-state index >= 15 is 13.2 Å². The minimum atomic E-state index is -2.32. The van der Waals surface area contributed by atoms with E-state index in [2.05, 4.69) is 45.0 Å². The number of benzene rings is 2. The molecule has 3 aliphatic heterocycles. The summed E-state index contributed by atoms with van der Waals surface area (Å²) in [6.45, 7) is 8.62. The van der Waals surface area contributed by atoms with Crippen LogP contribution in [0.1, 0.15) is 53.0 Å². The van der Waals surface area contributed by atoms with Crippen molar-refractivity contribution in [3.05, 3.63) is 93.2 Å². The minimum absolute atomic E-state index is 0.118. The maximum Gasteiger partial charge on any atom is 0.346 e. The smallest absolute Gasteiger partial charge is 0.346 e. The summed E-state index contributed by atoms with van der Waals surface area (Å²) < 4.78 is 57.1. The molecule has 1 saturated carbocycles. The number of anilines is 1. The maximum absolute atomic E-state index is 15.9. The summed E-state index contributed by atoms with van der Waals surface area (Å²) >= 11 is 0. The molecule has 0 bridgehead atoms. The monoisotopic (exact) mass is 698 g/mol. The van der Waals surface area contributed by atoms with Gasteiger partial charge in [-0.15, -0.1) is 5.10 Å². The van der Waals surface area contributed by atoms with Crippen molar-refractivity contribution in [2.75, 3.05) is 37.7 Å². The molecule has 1 aromatic heterocycles. The van der Waals surface area contributed by atoms with Gasteiger partial charge in [0.05, 0.1) is 17.8 Å². The molecule has 3 aliphatic carbocycles. The first kappa shape index (κ1) is 31.7. The fourth-order valence-corrected chi connectivity index (χ4v) is 11.8. The number of allylic oxidation sites excluding steroid dienone is 5. The lowest BCUT2D eigenvalue weighted by molar-refractivity contribution is -0.582. The van der Waals surface area contributed by atoms with Gasteiger partial charge in [-0.25, -0.2) is 27.2 Å². The normalized spacial score (nSPS) is 24.6. The Morgan fingerprint density at radius 2 is 1.82 bits per heavy atom. The highest BCUT2D eigenvalue weighted by Crippen LogP contribution is 2.52. The lowest BCUT2D eigenvalue weighted by atomic mass is 10.00. The molecule has 0 amide bonds. The summed E-state index contributed by atoms with van der Waals surface area (Å²) in [6, 6.07) is 6.87. The third-order valence-electron chi connectivity index (χ3n) is 12.0. The SMILES string of the molecule is C[Si]1(C)C2=CC(=[N+]3CCC3)C=CC2=C(OC(=O)c2cc(F)c(-n3nnc4c3CC[C@H]3[C@@H](CO)[C@H]3CC4)c(F)c2F)c2ccc(N3CCC3)cc21. The second kappa shape index (κ2) is 11.6. The molecule has 258 valence electrons. The minimum Gasteiger partial charge on any atom is -0.422 e. The summed E-state index contributed by atoms with van der Waals surface area (Å²) in [5.74, 6) is -4.09. The van der Waals surface area contributed by atoms with Gasteiger partial charge in [-0.2, -0.15) is 0 Å². The predicted molar refractivity (Wildman–Crippen MR) is 185 cm³/mol. The van der Waals surface area contributed by atoms with Gasteiger partial charge >= 0.3 is 5.97 Å². The van der Waals surface area contributed by atoms with Crippen LogP contribution in [0.5, 0.6) is 0 Å². The predicted octanol–water partition coefficient (Wildman–Crippen LogP) is 5.02. The number of aryl methyl sites for hydroxylation is 1. The molecule has 12 heteroatoms. The van der Waals surface area contributed by atoms with Crippen molar-refractivity contribution in [1.29, 1.82) is 0 Å². The maximum atomic E-state index is 15.9. The number of aliphatic hydroxyl groups excluding tert-OH is 1. The highest BCUT2D eigenvalue weighted by molar-refractivity contribution is 6.97. The Morgan fingerprint density at radius 3 is 2.52 bits per heavy atom. The second-order valence-corrected chi connectivity index (χ2v) is 19.3. The van der Waals surface area contributed by atoms with Crippen LogP contribution in [0.25, 0.3) is 11.4 Å².